The maximum atomic E-state index is 5.82. The van der Waals surface area contributed by atoms with Gasteiger partial charge in [-0.2, -0.15) is 5.10 Å². The monoisotopic (exact) mass is 240 g/mol. The average Bonchev–Trinajstić information content (AvgIpc) is 2.41. The normalized spacial score (nSPS) is 14.3. The summed E-state index contributed by atoms with van der Waals surface area (Å²) < 4.78 is 0. The predicted octanol–water partition coefficient (Wildman–Crippen LogP) is 2.31. The number of benzene rings is 1. The minimum atomic E-state index is 0.707. The second-order valence-corrected chi connectivity index (χ2v) is 4.81. The number of nitrogens with zero attached hydrogens (tertiary/aromatic N) is 3. The number of anilines is 1. The Hall–Kier alpha value is -1.97. The molecule has 1 aromatic carbocycles. The van der Waals surface area contributed by atoms with Crippen molar-refractivity contribution in [2.75, 3.05) is 5.73 Å². The van der Waals surface area contributed by atoms with Crippen LogP contribution in [-0.4, -0.2) is 15.2 Å². The van der Waals surface area contributed by atoms with E-state index in [9.17, 15) is 0 Å². The molecule has 0 radical (unpaired) electrons. The fraction of sp³-hybridized carbons (Fsp3) is 0.357. The molecule has 0 spiro atoms. The van der Waals surface area contributed by atoms with E-state index in [0.717, 1.165) is 41.0 Å². The molecule has 4 nitrogen and oxygen atoms in total. The zero-order valence-electron chi connectivity index (χ0n) is 10.5. The molecule has 18 heavy (non-hydrogen) atoms. The molecule has 4 heteroatoms. The van der Waals surface area contributed by atoms with Gasteiger partial charge in [0.05, 0.1) is 11.4 Å². The predicted molar refractivity (Wildman–Crippen MR) is 71.1 cm³/mol. The highest BCUT2D eigenvalue weighted by atomic mass is 15.2. The third-order valence-corrected chi connectivity index (χ3v) is 3.44. The molecule has 0 atom stereocenters. The van der Waals surface area contributed by atoms with Crippen LogP contribution >= 0.6 is 0 Å². The molecule has 0 saturated heterocycles. The molecule has 1 aliphatic rings. The van der Waals surface area contributed by atoms with Crippen molar-refractivity contribution >= 4 is 5.69 Å². The van der Waals surface area contributed by atoms with E-state index in [2.05, 4.69) is 15.2 Å². The lowest BCUT2D eigenvalue weighted by molar-refractivity contribution is 0.634. The van der Waals surface area contributed by atoms with Crippen LogP contribution in [0.15, 0.2) is 18.2 Å². The summed E-state index contributed by atoms with van der Waals surface area (Å²) in [5, 5.41) is 8.54. The number of aryl methyl sites for hydroxylation is 3. The summed E-state index contributed by atoms with van der Waals surface area (Å²) in [7, 11) is 0. The minimum Gasteiger partial charge on any atom is -0.399 e. The lowest BCUT2D eigenvalue weighted by Gasteiger charge is -2.13. The van der Waals surface area contributed by atoms with Gasteiger partial charge in [-0.05, 0) is 56.4 Å². The van der Waals surface area contributed by atoms with Crippen LogP contribution in [0.25, 0.3) is 11.4 Å². The first-order valence-electron chi connectivity index (χ1n) is 6.33. The van der Waals surface area contributed by atoms with Crippen LogP contribution in [0.3, 0.4) is 0 Å². The Balaban J connectivity index is 2.03. The highest BCUT2D eigenvalue weighted by molar-refractivity contribution is 5.61. The zero-order chi connectivity index (χ0) is 12.5. The molecule has 3 rings (SSSR count). The van der Waals surface area contributed by atoms with E-state index in [1.54, 1.807) is 0 Å². The van der Waals surface area contributed by atoms with Crippen LogP contribution in [0.4, 0.5) is 5.69 Å². The first-order chi connectivity index (χ1) is 8.74. The van der Waals surface area contributed by atoms with E-state index in [1.165, 1.54) is 12.8 Å². The summed E-state index contributed by atoms with van der Waals surface area (Å²) >= 11 is 0. The van der Waals surface area contributed by atoms with E-state index in [-0.39, 0.29) is 0 Å². The van der Waals surface area contributed by atoms with Gasteiger partial charge in [0.25, 0.3) is 0 Å². The van der Waals surface area contributed by atoms with Crippen molar-refractivity contribution in [3.05, 3.63) is 35.2 Å². The van der Waals surface area contributed by atoms with Gasteiger partial charge in [-0.3, -0.25) is 0 Å². The Morgan fingerprint density at radius 1 is 1.06 bits per heavy atom. The maximum Gasteiger partial charge on any atom is 0.182 e. The first-order valence-corrected chi connectivity index (χ1v) is 6.33. The van der Waals surface area contributed by atoms with Crippen LogP contribution in [0.1, 0.15) is 29.8 Å². The van der Waals surface area contributed by atoms with Gasteiger partial charge in [0.1, 0.15) is 0 Å². The molecule has 1 aromatic heterocycles. The van der Waals surface area contributed by atoms with E-state index in [1.807, 2.05) is 25.1 Å². The Morgan fingerprint density at radius 3 is 2.61 bits per heavy atom. The number of nitrogens with two attached hydrogens (primary N) is 1. The molecule has 0 amide bonds. The molecular formula is C14H16N4. The molecule has 0 bridgehead atoms. The second kappa shape index (κ2) is 4.37. The highest BCUT2D eigenvalue weighted by Gasteiger charge is 2.14. The second-order valence-electron chi connectivity index (χ2n) is 4.81. The summed E-state index contributed by atoms with van der Waals surface area (Å²) in [4.78, 5) is 4.64. The van der Waals surface area contributed by atoms with Crippen LogP contribution in [0.2, 0.25) is 0 Å². The minimum absolute atomic E-state index is 0.707. The van der Waals surface area contributed by atoms with Gasteiger partial charge < -0.3 is 5.73 Å². The van der Waals surface area contributed by atoms with Gasteiger partial charge in [-0.25, -0.2) is 4.98 Å². The Labute approximate surface area is 106 Å². The standard InChI is InChI=1S/C14H16N4/c1-9-8-10(6-7-11(9)15)14-16-12-4-2-3-5-13(12)17-18-14/h6-8H,2-5,15H2,1H3. The number of rotatable bonds is 1. The van der Waals surface area contributed by atoms with Crippen molar-refractivity contribution in [1.82, 2.24) is 15.2 Å². The average molecular weight is 240 g/mol. The maximum absolute atomic E-state index is 5.82. The number of hydrogen-bond donors (Lipinski definition) is 1. The quantitative estimate of drug-likeness (QED) is 0.777. The van der Waals surface area contributed by atoms with Crippen molar-refractivity contribution in [3.8, 4) is 11.4 Å². The number of nitrogen functional groups attached to an aromatic ring is 1. The SMILES string of the molecule is Cc1cc(-c2nnc3c(n2)CCCC3)ccc1N. The third-order valence-electron chi connectivity index (χ3n) is 3.44. The summed E-state index contributed by atoms with van der Waals surface area (Å²) in [6, 6.07) is 5.86. The van der Waals surface area contributed by atoms with Gasteiger partial charge in [-0.15, -0.1) is 5.10 Å². The Bertz CT molecular complexity index is 592. The molecule has 0 fully saturated rings. The van der Waals surface area contributed by atoms with Crippen molar-refractivity contribution < 1.29 is 0 Å². The van der Waals surface area contributed by atoms with Crippen molar-refractivity contribution in [2.24, 2.45) is 0 Å². The summed E-state index contributed by atoms with van der Waals surface area (Å²) in [6.45, 7) is 1.99. The van der Waals surface area contributed by atoms with E-state index in [4.69, 9.17) is 5.73 Å². The van der Waals surface area contributed by atoms with Crippen LogP contribution in [0.5, 0.6) is 0 Å². The lowest BCUT2D eigenvalue weighted by Crippen LogP contribution is -2.10. The van der Waals surface area contributed by atoms with Crippen LogP contribution < -0.4 is 5.73 Å². The van der Waals surface area contributed by atoms with E-state index < -0.39 is 0 Å². The number of fused-ring (bicyclic) bond motifs is 1. The fourth-order valence-corrected chi connectivity index (χ4v) is 2.30. The molecule has 0 aliphatic heterocycles. The summed E-state index contributed by atoms with van der Waals surface area (Å²) in [5.41, 5.74) is 10.8. The van der Waals surface area contributed by atoms with Gasteiger partial charge in [0, 0.05) is 11.3 Å². The molecule has 2 aromatic rings. The molecular weight excluding hydrogens is 224 g/mol. The summed E-state index contributed by atoms with van der Waals surface area (Å²) in [5.74, 6) is 0.707. The van der Waals surface area contributed by atoms with E-state index in [0.29, 0.717) is 5.82 Å². The third kappa shape index (κ3) is 1.94. The van der Waals surface area contributed by atoms with Crippen molar-refractivity contribution in [1.29, 1.82) is 0 Å². The topological polar surface area (TPSA) is 64.7 Å². The molecule has 0 saturated carbocycles. The van der Waals surface area contributed by atoms with Crippen LogP contribution in [-0.2, 0) is 12.8 Å². The number of hydrogen-bond acceptors (Lipinski definition) is 4. The lowest BCUT2D eigenvalue weighted by atomic mass is 10.0. The highest BCUT2D eigenvalue weighted by Crippen LogP contribution is 2.23. The van der Waals surface area contributed by atoms with Crippen molar-refractivity contribution in [3.63, 3.8) is 0 Å². The zero-order valence-corrected chi connectivity index (χ0v) is 10.5. The fourth-order valence-electron chi connectivity index (χ4n) is 2.30. The molecule has 0 unspecified atom stereocenters. The van der Waals surface area contributed by atoms with Gasteiger partial charge in [-0.1, -0.05) is 0 Å². The molecule has 92 valence electrons. The molecule has 1 aliphatic carbocycles. The summed E-state index contributed by atoms with van der Waals surface area (Å²) in [6.07, 6.45) is 4.43. The smallest absolute Gasteiger partial charge is 0.182 e. The molecule has 2 N–H and O–H groups in total. The Morgan fingerprint density at radius 2 is 1.83 bits per heavy atom. The van der Waals surface area contributed by atoms with E-state index >= 15 is 0 Å². The van der Waals surface area contributed by atoms with Gasteiger partial charge in [0.2, 0.25) is 0 Å². The van der Waals surface area contributed by atoms with Crippen LogP contribution in [0, 0.1) is 6.92 Å². The first kappa shape index (κ1) is 11.1. The molecule has 1 heterocycles. The van der Waals surface area contributed by atoms with Gasteiger partial charge in [0.15, 0.2) is 5.82 Å². The Kier molecular flexibility index (Phi) is 2.70. The van der Waals surface area contributed by atoms with Crippen molar-refractivity contribution in [2.45, 2.75) is 32.6 Å². The largest absolute Gasteiger partial charge is 0.399 e. The van der Waals surface area contributed by atoms with Gasteiger partial charge >= 0.3 is 0 Å². The number of aromatic nitrogens is 3.